The van der Waals surface area contributed by atoms with Crippen LogP contribution in [0.1, 0.15) is 24.0 Å². The van der Waals surface area contributed by atoms with E-state index in [-0.39, 0.29) is 36.1 Å². The van der Waals surface area contributed by atoms with Crippen LogP contribution in [0.5, 0.6) is 5.75 Å². The summed E-state index contributed by atoms with van der Waals surface area (Å²) in [7, 11) is 3.35. The molecule has 204 valence electrons. The van der Waals surface area contributed by atoms with Crippen molar-refractivity contribution in [3.05, 3.63) is 22.8 Å². The number of rotatable bonds is 4. The summed E-state index contributed by atoms with van der Waals surface area (Å²) in [5, 5.41) is 48.7. The number of aromatic hydroxyl groups is 1. The van der Waals surface area contributed by atoms with Gasteiger partial charge in [-0.2, -0.15) is 0 Å². The van der Waals surface area contributed by atoms with Crippen LogP contribution in [0.2, 0.25) is 0 Å². The van der Waals surface area contributed by atoms with E-state index in [1.807, 2.05) is 5.32 Å². The molecule has 2 fully saturated rings. The minimum Gasteiger partial charge on any atom is -0.507 e. The number of hydrogen-bond acceptors (Lipinski definition) is 10. The van der Waals surface area contributed by atoms with Gasteiger partial charge in [-0.3, -0.25) is 24.5 Å². The van der Waals surface area contributed by atoms with Gasteiger partial charge in [-0.1, -0.05) is 0 Å². The molecule has 0 bridgehead atoms. The molecule has 5 atom stereocenters. The van der Waals surface area contributed by atoms with Gasteiger partial charge in [0.1, 0.15) is 29.4 Å². The number of nitrogens with two attached hydrogens (primary N) is 1. The number of nitrogens with one attached hydrogen (secondary N) is 2. The molecular formula is C24H27ClN4O9. The Morgan fingerprint density at radius 3 is 2.45 bits per heavy atom. The second kappa shape index (κ2) is 9.57. The number of anilines is 2. The van der Waals surface area contributed by atoms with Gasteiger partial charge in [-0.05, 0) is 30.4 Å². The number of urea groups is 1. The lowest BCUT2D eigenvalue weighted by Crippen LogP contribution is -2.67. The van der Waals surface area contributed by atoms with Crippen molar-refractivity contribution in [1.82, 2.24) is 5.32 Å². The lowest BCUT2D eigenvalue weighted by molar-refractivity contribution is -0.186. The fourth-order valence-electron chi connectivity index (χ4n) is 5.79. The highest BCUT2D eigenvalue weighted by Crippen LogP contribution is 2.54. The van der Waals surface area contributed by atoms with E-state index >= 15 is 0 Å². The molecule has 0 aromatic heterocycles. The number of phenolic OH excluding ortho intramolecular Hbond substituents is 1. The molecule has 38 heavy (non-hydrogen) atoms. The fourth-order valence-corrected chi connectivity index (χ4v) is 5.86. The van der Waals surface area contributed by atoms with Gasteiger partial charge in [0.2, 0.25) is 11.8 Å². The average molecular weight is 551 g/mol. The maximum absolute atomic E-state index is 13.7. The number of carbonyl (C=O) groups excluding carboxylic acids is 5. The summed E-state index contributed by atoms with van der Waals surface area (Å²) in [5.41, 5.74) is 2.90. The zero-order chi connectivity index (χ0) is 28.3. The van der Waals surface area contributed by atoms with Crippen LogP contribution in [0.4, 0.5) is 16.2 Å². The van der Waals surface area contributed by atoms with Gasteiger partial charge in [0, 0.05) is 37.7 Å². The SMILES string of the molecule is CN(C)c1cc(NC(=O)NC(=O)CCl)c(O)c2c1C[C@H]1C[C@H]3CC(=O)C(C(N)=O)C(O)[C@@]3(O)C(=O)C1=C2O. The molecule has 0 aliphatic heterocycles. The second-order valence-corrected chi connectivity index (χ2v) is 10.2. The van der Waals surface area contributed by atoms with Gasteiger partial charge < -0.3 is 36.4 Å². The van der Waals surface area contributed by atoms with Crippen LogP contribution in [-0.2, 0) is 25.6 Å². The highest BCUT2D eigenvalue weighted by Gasteiger charge is 2.63. The third-order valence-corrected chi connectivity index (χ3v) is 7.75. The van der Waals surface area contributed by atoms with Crippen molar-refractivity contribution >= 4 is 58.1 Å². The predicted molar refractivity (Wildman–Crippen MR) is 133 cm³/mol. The molecule has 3 aliphatic rings. The normalized spacial score (nSPS) is 28.1. The Bertz CT molecular complexity index is 1310. The van der Waals surface area contributed by atoms with Crippen molar-refractivity contribution in [2.45, 2.75) is 31.0 Å². The topological polar surface area (TPSA) is 220 Å². The lowest BCUT2D eigenvalue weighted by Gasteiger charge is -2.50. The highest BCUT2D eigenvalue weighted by molar-refractivity contribution is 6.28. The van der Waals surface area contributed by atoms with Crippen molar-refractivity contribution in [2.24, 2.45) is 23.5 Å². The Balaban J connectivity index is 1.84. The fraction of sp³-hybridized carbons (Fsp3) is 0.458. The van der Waals surface area contributed by atoms with Gasteiger partial charge in [0.05, 0.1) is 11.3 Å². The molecule has 8 N–H and O–H groups in total. The van der Waals surface area contributed by atoms with E-state index in [1.165, 1.54) is 6.07 Å². The van der Waals surface area contributed by atoms with Crippen molar-refractivity contribution in [1.29, 1.82) is 0 Å². The molecule has 1 aromatic carbocycles. The highest BCUT2D eigenvalue weighted by atomic mass is 35.5. The summed E-state index contributed by atoms with van der Waals surface area (Å²) in [4.78, 5) is 63.3. The monoisotopic (exact) mass is 550 g/mol. The number of carbonyl (C=O) groups is 5. The third-order valence-electron chi connectivity index (χ3n) is 7.51. The van der Waals surface area contributed by atoms with E-state index in [2.05, 4.69) is 5.32 Å². The molecular weight excluding hydrogens is 524 g/mol. The van der Waals surface area contributed by atoms with Crippen molar-refractivity contribution in [3.8, 4) is 5.75 Å². The largest absolute Gasteiger partial charge is 0.507 e. The van der Waals surface area contributed by atoms with Crippen LogP contribution in [0.3, 0.4) is 0 Å². The molecule has 2 unspecified atom stereocenters. The number of phenols is 1. The van der Waals surface area contributed by atoms with Crippen LogP contribution < -0.4 is 21.3 Å². The van der Waals surface area contributed by atoms with Gasteiger partial charge >= 0.3 is 6.03 Å². The Morgan fingerprint density at radius 1 is 1.21 bits per heavy atom. The Morgan fingerprint density at radius 2 is 1.87 bits per heavy atom. The van der Waals surface area contributed by atoms with E-state index in [0.29, 0.717) is 11.3 Å². The number of amides is 4. The quantitative estimate of drug-likeness (QED) is 0.145. The first-order chi connectivity index (χ1) is 17.7. The first-order valence-electron chi connectivity index (χ1n) is 11.7. The maximum atomic E-state index is 13.7. The van der Waals surface area contributed by atoms with Gasteiger partial charge in [-0.25, -0.2) is 4.79 Å². The van der Waals surface area contributed by atoms with Crippen LogP contribution >= 0.6 is 11.6 Å². The van der Waals surface area contributed by atoms with Gasteiger partial charge in [-0.15, -0.1) is 11.6 Å². The van der Waals surface area contributed by atoms with Gasteiger partial charge in [0.25, 0.3) is 0 Å². The summed E-state index contributed by atoms with van der Waals surface area (Å²) in [5.74, 6) is -9.05. The molecule has 0 radical (unpaired) electrons. The molecule has 13 nitrogen and oxygen atoms in total. The molecule has 3 aliphatic carbocycles. The average Bonchev–Trinajstić information content (AvgIpc) is 2.82. The number of aliphatic hydroxyl groups is 3. The summed E-state index contributed by atoms with van der Waals surface area (Å²) in [6.07, 6.45) is -2.36. The van der Waals surface area contributed by atoms with Crippen LogP contribution in [0.25, 0.3) is 5.76 Å². The van der Waals surface area contributed by atoms with Gasteiger partial charge in [0.15, 0.2) is 17.1 Å². The number of benzene rings is 1. The zero-order valence-corrected chi connectivity index (χ0v) is 21.2. The van der Waals surface area contributed by atoms with E-state index in [4.69, 9.17) is 17.3 Å². The predicted octanol–water partition coefficient (Wildman–Crippen LogP) is -0.458. The molecule has 4 rings (SSSR count). The number of fused-ring (bicyclic) bond motifs is 3. The van der Waals surface area contributed by atoms with Crippen molar-refractivity contribution < 1.29 is 44.4 Å². The van der Waals surface area contributed by atoms with E-state index < -0.39 is 76.3 Å². The van der Waals surface area contributed by atoms with Crippen LogP contribution in [0, 0.1) is 17.8 Å². The number of imide groups is 1. The molecule has 0 heterocycles. The minimum atomic E-state index is -2.57. The molecule has 2 saturated carbocycles. The van der Waals surface area contributed by atoms with E-state index in [0.717, 1.165) is 0 Å². The zero-order valence-electron chi connectivity index (χ0n) is 20.4. The number of primary amides is 1. The van der Waals surface area contributed by atoms with Crippen molar-refractivity contribution in [2.75, 3.05) is 30.2 Å². The number of ketones is 2. The molecule has 14 heteroatoms. The van der Waals surface area contributed by atoms with E-state index in [9.17, 15) is 44.4 Å². The summed E-state index contributed by atoms with van der Waals surface area (Å²) in [6.45, 7) is 0. The summed E-state index contributed by atoms with van der Waals surface area (Å²) in [6, 6.07) is 0.415. The Kier molecular flexibility index (Phi) is 6.89. The number of nitrogens with zero attached hydrogens (tertiary/aromatic N) is 1. The third kappa shape index (κ3) is 4.06. The van der Waals surface area contributed by atoms with Crippen LogP contribution in [-0.4, -0.2) is 81.5 Å². The Hall–Kier alpha value is -3.68. The number of hydrogen-bond donors (Lipinski definition) is 7. The summed E-state index contributed by atoms with van der Waals surface area (Å²) >= 11 is 5.39. The van der Waals surface area contributed by atoms with Crippen molar-refractivity contribution in [3.63, 3.8) is 0 Å². The molecule has 0 saturated heterocycles. The number of alkyl halides is 1. The number of aliphatic hydroxyl groups excluding tert-OH is 2. The smallest absolute Gasteiger partial charge is 0.326 e. The summed E-state index contributed by atoms with van der Waals surface area (Å²) < 4.78 is 0. The first kappa shape index (κ1) is 27.4. The maximum Gasteiger partial charge on any atom is 0.326 e. The standard InChI is InChI=1S/C24H27ClN4O9/c1-29(2)12-6-11(27-23(37)28-14(31)7-25)18(32)16-10(12)4-8-3-9-5-13(30)17(22(26)36)21(35)24(9,38)20(34)15(8)19(16)33/h6,8-9,17,21,32-33,35,38H,3-5,7H2,1-2H3,(H2,26,36)(H2,27,28,31,37)/t8-,9+,17?,21?,24+/m1/s1. The number of Topliss-reactive ketones (excluding diaryl/α,β-unsaturated/α-hetero) is 2. The van der Waals surface area contributed by atoms with E-state index in [1.54, 1.807) is 19.0 Å². The minimum absolute atomic E-state index is 0.0198. The molecule has 0 spiro atoms. The first-order valence-corrected chi connectivity index (χ1v) is 12.2. The molecule has 1 aromatic rings. The Labute approximate surface area is 221 Å². The second-order valence-electron chi connectivity index (χ2n) is 9.92. The number of halogens is 1. The van der Waals surface area contributed by atoms with Crippen LogP contribution in [0.15, 0.2) is 11.6 Å². The lowest BCUT2D eigenvalue weighted by atomic mass is 9.56. The molecule has 4 amide bonds.